The summed E-state index contributed by atoms with van der Waals surface area (Å²) in [5.74, 6) is 1.38. The quantitative estimate of drug-likeness (QED) is 0.666. The van der Waals surface area contributed by atoms with Gasteiger partial charge >= 0.3 is 0 Å². The Morgan fingerprint density at radius 1 is 0.875 bits per heavy atom. The Morgan fingerprint density at radius 3 is 2.54 bits per heavy atom. The number of hydrogen-bond acceptors (Lipinski definition) is 3. The fourth-order valence-corrected chi connectivity index (χ4v) is 3.26. The molecule has 0 aliphatic carbocycles. The highest BCUT2D eigenvalue weighted by Gasteiger charge is 2.19. The number of hydrogen-bond donors (Lipinski definition) is 2. The molecule has 0 spiro atoms. The van der Waals surface area contributed by atoms with Crippen molar-refractivity contribution in [3.8, 4) is 34.1 Å². The fourth-order valence-electron chi connectivity index (χ4n) is 3.26. The Kier molecular flexibility index (Phi) is 3.42. The van der Waals surface area contributed by atoms with E-state index in [1.165, 1.54) is 17.2 Å². The maximum atomic E-state index is 10.1. The molecule has 2 N–H and O–H groups in total. The van der Waals surface area contributed by atoms with E-state index in [0.717, 1.165) is 28.9 Å². The average molecular weight is 318 g/mol. The lowest BCUT2D eigenvalue weighted by Gasteiger charge is -2.12. The third-order valence-electron chi connectivity index (χ3n) is 4.56. The first-order chi connectivity index (χ1) is 11.6. The molecule has 3 aromatic rings. The predicted molar refractivity (Wildman–Crippen MR) is 93.9 cm³/mol. The lowest BCUT2D eigenvalue weighted by Crippen LogP contribution is -1.90. The molecule has 120 valence electrons. The van der Waals surface area contributed by atoms with Crippen LogP contribution in [0.25, 0.3) is 11.1 Å². The molecule has 3 nitrogen and oxygen atoms in total. The molecule has 3 aromatic carbocycles. The maximum Gasteiger partial charge on any atom is 0.138 e. The van der Waals surface area contributed by atoms with Crippen molar-refractivity contribution in [1.29, 1.82) is 0 Å². The predicted octanol–water partition coefficient (Wildman–Crippen LogP) is 4.96. The molecule has 0 fully saturated rings. The van der Waals surface area contributed by atoms with Gasteiger partial charge < -0.3 is 14.9 Å². The molecule has 0 aromatic heterocycles. The molecule has 3 heteroatoms. The third kappa shape index (κ3) is 2.48. The van der Waals surface area contributed by atoms with Crippen LogP contribution in [0.5, 0.6) is 23.0 Å². The van der Waals surface area contributed by atoms with E-state index in [2.05, 4.69) is 31.2 Å². The molecule has 0 atom stereocenters. The first-order valence-corrected chi connectivity index (χ1v) is 8.03. The van der Waals surface area contributed by atoms with Crippen molar-refractivity contribution in [3.05, 3.63) is 71.3 Å². The van der Waals surface area contributed by atoms with Crippen molar-refractivity contribution in [2.24, 2.45) is 0 Å². The monoisotopic (exact) mass is 318 g/mol. The normalized spacial score (nSPS) is 12.7. The van der Waals surface area contributed by atoms with Gasteiger partial charge in [-0.3, -0.25) is 0 Å². The van der Waals surface area contributed by atoms with Gasteiger partial charge in [0.05, 0.1) is 0 Å². The van der Waals surface area contributed by atoms with Gasteiger partial charge in [-0.05, 0) is 48.1 Å². The summed E-state index contributed by atoms with van der Waals surface area (Å²) in [6, 6.07) is 17.4. The molecule has 24 heavy (non-hydrogen) atoms. The lowest BCUT2D eigenvalue weighted by molar-refractivity contribution is 0.427. The zero-order valence-electron chi connectivity index (χ0n) is 13.4. The average Bonchev–Trinajstić information content (AvgIpc) is 2.73. The summed E-state index contributed by atoms with van der Waals surface area (Å²) in [4.78, 5) is 0. The molecular formula is C21H18O3. The molecule has 0 amide bonds. The lowest BCUT2D eigenvalue weighted by atomic mass is 9.97. The number of fused-ring (bicyclic) bond motifs is 2. The van der Waals surface area contributed by atoms with E-state index in [-0.39, 0.29) is 11.5 Å². The van der Waals surface area contributed by atoms with Gasteiger partial charge in [-0.25, -0.2) is 0 Å². The van der Waals surface area contributed by atoms with Gasteiger partial charge in [0.2, 0.25) is 0 Å². The van der Waals surface area contributed by atoms with Gasteiger partial charge in [-0.2, -0.15) is 0 Å². The SMILES string of the molecule is Cc1ccccc1-c1ccc2c(c1)Oc1cc(O)cc(O)c1CC2. The Bertz CT molecular complexity index is 928. The van der Waals surface area contributed by atoms with E-state index >= 15 is 0 Å². The number of phenols is 2. The number of phenolic OH excluding ortho intramolecular Hbond substituents is 2. The van der Waals surface area contributed by atoms with Gasteiger partial charge in [0.15, 0.2) is 0 Å². The van der Waals surface area contributed by atoms with Crippen LogP contribution in [0.15, 0.2) is 54.6 Å². The van der Waals surface area contributed by atoms with Gasteiger partial charge in [0.1, 0.15) is 23.0 Å². The van der Waals surface area contributed by atoms with Crippen molar-refractivity contribution in [2.45, 2.75) is 19.8 Å². The first kappa shape index (κ1) is 14.6. The Hall–Kier alpha value is -2.94. The summed E-state index contributed by atoms with van der Waals surface area (Å²) >= 11 is 0. The van der Waals surface area contributed by atoms with Crippen LogP contribution in [0.4, 0.5) is 0 Å². The summed E-state index contributed by atoms with van der Waals surface area (Å²) < 4.78 is 6.05. The summed E-state index contributed by atoms with van der Waals surface area (Å²) in [5.41, 5.74) is 5.32. The third-order valence-corrected chi connectivity index (χ3v) is 4.56. The number of aromatic hydroxyl groups is 2. The van der Waals surface area contributed by atoms with Crippen LogP contribution >= 0.6 is 0 Å². The first-order valence-electron chi connectivity index (χ1n) is 8.03. The van der Waals surface area contributed by atoms with Crippen LogP contribution in [0.1, 0.15) is 16.7 Å². The smallest absolute Gasteiger partial charge is 0.138 e. The summed E-state index contributed by atoms with van der Waals surface area (Å²) in [6.45, 7) is 2.09. The van der Waals surface area contributed by atoms with E-state index in [9.17, 15) is 10.2 Å². The van der Waals surface area contributed by atoms with E-state index in [4.69, 9.17) is 4.74 Å². The molecule has 1 heterocycles. The topological polar surface area (TPSA) is 49.7 Å². The molecule has 0 radical (unpaired) electrons. The summed E-state index contributed by atoms with van der Waals surface area (Å²) in [5, 5.41) is 19.8. The number of benzene rings is 3. The molecule has 0 saturated carbocycles. The minimum absolute atomic E-state index is 0.00441. The van der Waals surface area contributed by atoms with Crippen molar-refractivity contribution in [1.82, 2.24) is 0 Å². The van der Waals surface area contributed by atoms with Gasteiger partial charge in [0.25, 0.3) is 0 Å². The number of ether oxygens (including phenoxy) is 1. The maximum absolute atomic E-state index is 10.1. The van der Waals surface area contributed by atoms with E-state index in [0.29, 0.717) is 12.2 Å². The zero-order chi connectivity index (χ0) is 16.7. The van der Waals surface area contributed by atoms with E-state index in [1.54, 1.807) is 6.07 Å². The molecule has 1 aliphatic heterocycles. The fraction of sp³-hybridized carbons (Fsp3) is 0.143. The Morgan fingerprint density at radius 2 is 1.71 bits per heavy atom. The molecular weight excluding hydrogens is 300 g/mol. The van der Waals surface area contributed by atoms with Crippen molar-refractivity contribution in [3.63, 3.8) is 0 Å². The standard InChI is InChI=1S/C21H18O3/c1-13-4-2-3-5-17(13)15-7-6-14-8-9-18-19(23)11-16(22)12-21(18)24-20(14)10-15/h2-7,10-12,22-23H,8-9H2,1H3. The second kappa shape index (κ2) is 5.60. The minimum Gasteiger partial charge on any atom is -0.508 e. The Labute approximate surface area is 140 Å². The van der Waals surface area contributed by atoms with Crippen LogP contribution in [-0.2, 0) is 12.8 Å². The second-order valence-electron chi connectivity index (χ2n) is 6.18. The Balaban J connectivity index is 1.81. The largest absolute Gasteiger partial charge is 0.508 e. The molecule has 1 aliphatic rings. The number of rotatable bonds is 1. The van der Waals surface area contributed by atoms with Crippen LogP contribution in [0.2, 0.25) is 0 Å². The highest BCUT2D eigenvalue weighted by molar-refractivity contribution is 5.70. The van der Waals surface area contributed by atoms with Crippen LogP contribution in [0, 0.1) is 6.92 Å². The summed E-state index contributed by atoms with van der Waals surface area (Å²) in [6.07, 6.45) is 1.47. The van der Waals surface area contributed by atoms with Crippen LogP contribution in [0.3, 0.4) is 0 Å². The van der Waals surface area contributed by atoms with E-state index in [1.807, 2.05) is 18.2 Å². The minimum atomic E-state index is 0.00441. The van der Waals surface area contributed by atoms with Gasteiger partial charge in [0, 0.05) is 17.7 Å². The second-order valence-corrected chi connectivity index (χ2v) is 6.18. The highest BCUT2D eigenvalue weighted by atomic mass is 16.5. The molecule has 0 saturated heterocycles. The molecule has 4 rings (SSSR count). The molecule has 0 bridgehead atoms. The van der Waals surface area contributed by atoms with Crippen LogP contribution in [-0.4, -0.2) is 10.2 Å². The van der Waals surface area contributed by atoms with E-state index < -0.39 is 0 Å². The zero-order valence-corrected chi connectivity index (χ0v) is 13.4. The van der Waals surface area contributed by atoms with Gasteiger partial charge in [-0.1, -0.05) is 36.4 Å². The summed E-state index contributed by atoms with van der Waals surface area (Å²) in [7, 11) is 0. The molecule has 0 unspecified atom stereocenters. The highest BCUT2D eigenvalue weighted by Crippen LogP contribution is 2.41. The van der Waals surface area contributed by atoms with Crippen molar-refractivity contribution < 1.29 is 14.9 Å². The van der Waals surface area contributed by atoms with Crippen molar-refractivity contribution >= 4 is 0 Å². The van der Waals surface area contributed by atoms with Crippen LogP contribution < -0.4 is 4.74 Å². The number of aryl methyl sites for hydroxylation is 2. The van der Waals surface area contributed by atoms with Gasteiger partial charge in [-0.15, -0.1) is 0 Å². The van der Waals surface area contributed by atoms with Crippen molar-refractivity contribution in [2.75, 3.05) is 0 Å².